The molecule has 0 aliphatic rings. The van der Waals surface area contributed by atoms with Gasteiger partial charge in [0.25, 0.3) is 0 Å². The van der Waals surface area contributed by atoms with Crippen LogP contribution in [0, 0.1) is 0 Å². The summed E-state index contributed by atoms with van der Waals surface area (Å²) in [4.78, 5) is 12.9. The van der Waals surface area contributed by atoms with Gasteiger partial charge in [-0.2, -0.15) is 10.2 Å². The number of benzene rings is 3. The van der Waals surface area contributed by atoms with Crippen molar-refractivity contribution < 1.29 is 4.42 Å². The number of aromatic nitrogens is 2. The summed E-state index contributed by atoms with van der Waals surface area (Å²) in [5.74, 6) is 0. The normalized spacial score (nSPS) is 11.4. The standard InChI is InChI=1S/C24H17N5O2S/c25-24(32)27-26-13-16-14-29(17-7-2-1-3-8-17)28-22(16)20-12-19-18-9-5-4-6-15(18)10-11-21(19)31-23(20)30/h1-14H,(H3,25,27,32)/b26-13-. The summed E-state index contributed by atoms with van der Waals surface area (Å²) in [5.41, 5.74) is 10.2. The van der Waals surface area contributed by atoms with E-state index in [-0.39, 0.29) is 5.11 Å². The molecule has 0 bridgehead atoms. The summed E-state index contributed by atoms with van der Waals surface area (Å²) in [6, 6.07) is 23.1. The van der Waals surface area contributed by atoms with Crippen LogP contribution in [0.5, 0.6) is 0 Å². The second-order valence-corrected chi connectivity index (χ2v) is 7.53. The van der Waals surface area contributed by atoms with Crippen molar-refractivity contribution in [3.05, 3.63) is 95.0 Å². The molecule has 3 aromatic carbocycles. The zero-order valence-corrected chi connectivity index (χ0v) is 17.5. The molecule has 0 aliphatic heterocycles. The zero-order valence-electron chi connectivity index (χ0n) is 16.7. The van der Waals surface area contributed by atoms with E-state index in [1.165, 1.54) is 6.21 Å². The summed E-state index contributed by atoms with van der Waals surface area (Å²) >= 11 is 4.80. The maximum Gasteiger partial charge on any atom is 0.345 e. The molecule has 0 fully saturated rings. The second-order valence-electron chi connectivity index (χ2n) is 7.09. The van der Waals surface area contributed by atoms with Gasteiger partial charge in [0.15, 0.2) is 5.11 Å². The third-order valence-corrected chi connectivity index (χ3v) is 5.13. The Morgan fingerprint density at radius 1 is 1.06 bits per heavy atom. The van der Waals surface area contributed by atoms with Crippen molar-refractivity contribution in [2.45, 2.75) is 0 Å². The highest BCUT2D eigenvalue weighted by Gasteiger charge is 2.17. The average Bonchev–Trinajstić information content (AvgIpc) is 3.22. The van der Waals surface area contributed by atoms with Crippen LogP contribution in [0.4, 0.5) is 0 Å². The number of rotatable bonds is 4. The second kappa shape index (κ2) is 8.09. The molecule has 5 aromatic rings. The molecule has 2 heterocycles. The van der Waals surface area contributed by atoms with Crippen molar-refractivity contribution in [2.75, 3.05) is 0 Å². The molecule has 0 radical (unpaired) electrons. The molecule has 0 atom stereocenters. The summed E-state index contributed by atoms with van der Waals surface area (Å²) in [7, 11) is 0. The van der Waals surface area contributed by atoms with Gasteiger partial charge in [-0.3, -0.25) is 5.43 Å². The van der Waals surface area contributed by atoms with Gasteiger partial charge in [-0.05, 0) is 47.3 Å². The van der Waals surface area contributed by atoms with Crippen LogP contribution in [0.25, 0.3) is 38.7 Å². The molecule has 3 N–H and O–H groups in total. The van der Waals surface area contributed by atoms with Crippen molar-refractivity contribution in [3.8, 4) is 16.9 Å². The quantitative estimate of drug-likeness (QED) is 0.145. The summed E-state index contributed by atoms with van der Waals surface area (Å²) in [6.07, 6.45) is 3.30. The Labute approximate surface area is 187 Å². The Morgan fingerprint density at radius 3 is 2.66 bits per heavy atom. The molecule has 0 unspecified atom stereocenters. The first-order valence-electron chi connectivity index (χ1n) is 9.80. The smallest absolute Gasteiger partial charge is 0.345 e. The molecule has 7 nitrogen and oxygen atoms in total. The average molecular weight is 440 g/mol. The van der Waals surface area contributed by atoms with Crippen LogP contribution in [0.15, 0.2) is 93.3 Å². The van der Waals surface area contributed by atoms with Gasteiger partial charge in [0.2, 0.25) is 0 Å². The van der Waals surface area contributed by atoms with Crippen molar-refractivity contribution in [3.63, 3.8) is 0 Å². The van der Waals surface area contributed by atoms with Gasteiger partial charge in [0.05, 0.1) is 17.5 Å². The number of nitrogens with two attached hydrogens (primary N) is 1. The van der Waals surface area contributed by atoms with Gasteiger partial charge >= 0.3 is 5.63 Å². The maximum absolute atomic E-state index is 12.9. The molecule has 0 aliphatic carbocycles. The third-order valence-electron chi connectivity index (χ3n) is 5.04. The van der Waals surface area contributed by atoms with Gasteiger partial charge in [0, 0.05) is 17.1 Å². The number of hydrogen-bond acceptors (Lipinski definition) is 5. The Bertz CT molecular complexity index is 1550. The fourth-order valence-corrected chi connectivity index (χ4v) is 3.66. The summed E-state index contributed by atoms with van der Waals surface area (Å²) in [5, 5.41) is 11.6. The first kappa shape index (κ1) is 19.7. The monoisotopic (exact) mass is 439 g/mol. The van der Waals surface area contributed by atoms with E-state index in [1.54, 1.807) is 16.9 Å². The number of fused-ring (bicyclic) bond motifs is 3. The van der Waals surface area contributed by atoms with Crippen LogP contribution in [-0.4, -0.2) is 21.1 Å². The van der Waals surface area contributed by atoms with Gasteiger partial charge in [-0.1, -0.05) is 48.5 Å². The van der Waals surface area contributed by atoms with Crippen LogP contribution >= 0.6 is 12.2 Å². The van der Waals surface area contributed by atoms with Crippen molar-refractivity contribution in [1.29, 1.82) is 0 Å². The summed E-state index contributed by atoms with van der Waals surface area (Å²) in [6.45, 7) is 0. The lowest BCUT2D eigenvalue weighted by Crippen LogP contribution is -2.24. The Balaban J connectivity index is 1.73. The molecule has 0 spiro atoms. The SMILES string of the molecule is NC(=S)N/N=C\c1cn(-c2ccccc2)nc1-c1cc2c(ccc3ccccc32)oc1=O. The van der Waals surface area contributed by atoms with E-state index in [9.17, 15) is 4.79 Å². The van der Waals surface area contributed by atoms with E-state index < -0.39 is 5.63 Å². The number of thiocarbonyl (C=S) groups is 1. The van der Waals surface area contributed by atoms with E-state index in [0.717, 1.165) is 21.8 Å². The fourth-order valence-electron chi connectivity index (χ4n) is 3.61. The first-order valence-corrected chi connectivity index (χ1v) is 10.2. The van der Waals surface area contributed by atoms with E-state index >= 15 is 0 Å². The molecule has 32 heavy (non-hydrogen) atoms. The van der Waals surface area contributed by atoms with Crippen LogP contribution in [-0.2, 0) is 0 Å². The van der Waals surface area contributed by atoms with Crippen LogP contribution in [0.1, 0.15) is 5.56 Å². The lowest BCUT2D eigenvalue weighted by molar-refractivity contribution is 0.563. The predicted octanol–water partition coefficient (Wildman–Crippen LogP) is 3.97. The molecule has 0 saturated heterocycles. The van der Waals surface area contributed by atoms with E-state index in [0.29, 0.717) is 22.4 Å². The fraction of sp³-hybridized carbons (Fsp3) is 0. The number of nitrogens with zero attached hydrogens (tertiary/aromatic N) is 3. The van der Waals surface area contributed by atoms with Gasteiger partial charge in [-0.25, -0.2) is 9.48 Å². The van der Waals surface area contributed by atoms with Gasteiger partial charge in [0.1, 0.15) is 11.3 Å². The summed E-state index contributed by atoms with van der Waals surface area (Å²) < 4.78 is 7.35. The Morgan fingerprint density at radius 2 is 1.84 bits per heavy atom. The highest BCUT2D eigenvalue weighted by Crippen LogP contribution is 2.28. The minimum absolute atomic E-state index is 0.0370. The minimum atomic E-state index is -0.483. The van der Waals surface area contributed by atoms with Crippen molar-refractivity contribution in [1.82, 2.24) is 15.2 Å². The Kier molecular flexibility index (Phi) is 4.97. The number of nitrogens with one attached hydrogen (secondary N) is 1. The minimum Gasteiger partial charge on any atom is -0.422 e. The van der Waals surface area contributed by atoms with E-state index in [1.807, 2.05) is 66.7 Å². The molecule has 0 amide bonds. The lowest BCUT2D eigenvalue weighted by Gasteiger charge is -2.05. The number of hydrogen-bond donors (Lipinski definition) is 2. The molecule has 156 valence electrons. The van der Waals surface area contributed by atoms with Crippen molar-refractivity contribution in [2.24, 2.45) is 10.8 Å². The lowest BCUT2D eigenvalue weighted by atomic mass is 10.0. The predicted molar refractivity (Wildman–Crippen MR) is 130 cm³/mol. The molecular weight excluding hydrogens is 422 g/mol. The molecule has 0 saturated carbocycles. The molecule has 5 rings (SSSR count). The first-order chi connectivity index (χ1) is 15.6. The largest absolute Gasteiger partial charge is 0.422 e. The van der Waals surface area contributed by atoms with Crippen molar-refractivity contribution >= 4 is 45.3 Å². The van der Waals surface area contributed by atoms with E-state index in [4.69, 9.17) is 22.4 Å². The van der Waals surface area contributed by atoms with Crippen LogP contribution < -0.4 is 16.8 Å². The molecule has 2 aromatic heterocycles. The van der Waals surface area contributed by atoms with Crippen LogP contribution in [0.3, 0.4) is 0 Å². The maximum atomic E-state index is 12.9. The number of hydrazone groups is 1. The van der Waals surface area contributed by atoms with Crippen LogP contribution in [0.2, 0.25) is 0 Å². The van der Waals surface area contributed by atoms with Gasteiger partial charge < -0.3 is 10.2 Å². The topological polar surface area (TPSA) is 98.4 Å². The van der Waals surface area contributed by atoms with E-state index in [2.05, 4.69) is 15.6 Å². The Hall–Kier alpha value is -4.30. The van der Waals surface area contributed by atoms with Gasteiger partial charge in [-0.15, -0.1) is 0 Å². The third kappa shape index (κ3) is 3.63. The zero-order chi connectivity index (χ0) is 22.1. The highest BCUT2D eigenvalue weighted by atomic mass is 32.1. The number of para-hydroxylation sites is 1. The molecular formula is C24H17N5O2S. The highest BCUT2D eigenvalue weighted by molar-refractivity contribution is 7.80. The molecule has 8 heteroatoms.